The third-order valence-corrected chi connectivity index (χ3v) is 6.90. The van der Waals surface area contributed by atoms with Crippen molar-refractivity contribution < 1.29 is 4.79 Å². The smallest absolute Gasteiger partial charge is 0.262 e. The summed E-state index contributed by atoms with van der Waals surface area (Å²) >= 11 is 8.15. The lowest BCUT2D eigenvalue weighted by Gasteiger charge is -2.29. The van der Waals surface area contributed by atoms with E-state index in [2.05, 4.69) is 43.2 Å². The van der Waals surface area contributed by atoms with Crippen molar-refractivity contribution in [3.63, 3.8) is 0 Å². The van der Waals surface area contributed by atoms with E-state index in [1.165, 1.54) is 17.8 Å². The third kappa shape index (κ3) is 3.84. The Morgan fingerprint density at radius 2 is 1.85 bits per heavy atom. The molecule has 1 N–H and O–H groups in total. The summed E-state index contributed by atoms with van der Waals surface area (Å²) < 4.78 is 1.77. The Balaban J connectivity index is 2.12. The van der Waals surface area contributed by atoms with Crippen LogP contribution in [0.4, 0.5) is 0 Å². The summed E-state index contributed by atoms with van der Waals surface area (Å²) in [5, 5.41) is 12.5. The first-order chi connectivity index (χ1) is 9.56. The maximum atomic E-state index is 12.3. The lowest BCUT2D eigenvalue weighted by molar-refractivity contribution is 0.0912. The summed E-state index contributed by atoms with van der Waals surface area (Å²) in [5.74, 6) is -0.150. The highest BCUT2D eigenvalue weighted by Crippen LogP contribution is 2.33. The largest absolute Gasteiger partial charge is 0.333 e. The number of nitrogens with zero attached hydrogens (tertiary/aromatic N) is 1. The number of carbonyl (C=O) groups is 1. The van der Waals surface area contributed by atoms with Gasteiger partial charge in [-0.3, -0.25) is 4.79 Å². The molecule has 0 aromatic carbocycles. The van der Waals surface area contributed by atoms with Gasteiger partial charge < -0.3 is 5.32 Å². The van der Waals surface area contributed by atoms with Crippen LogP contribution >= 0.6 is 43.2 Å². The van der Waals surface area contributed by atoms with E-state index in [1.807, 2.05) is 0 Å². The molecule has 0 atom stereocenters. The minimum Gasteiger partial charge on any atom is -0.333 e. The van der Waals surface area contributed by atoms with Gasteiger partial charge in [0.2, 0.25) is 0 Å². The molecule has 1 aromatic rings. The predicted molar refractivity (Wildman–Crippen MR) is 87.8 cm³/mol. The van der Waals surface area contributed by atoms with Gasteiger partial charge >= 0.3 is 0 Å². The van der Waals surface area contributed by atoms with Crippen LogP contribution in [0.3, 0.4) is 0 Å². The number of nitriles is 1. The molecule has 108 valence electrons. The molecule has 20 heavy (non-hydrogen) atoms. The molecule has 1 amide bonds. The van der Waals surface area contributed by atoms with Crippen LogP contribution in [0.1, 0.15) is 54.6 Å². The van der Waals surface area contributed by atoms with Crippen molar-refractivity contribution >= 4 is 49.1 Å². The zero-order valence-corrected chi connectivity index (χ0v) is 15.0. The molecule has 1 fully saturated rings. The maximum Gasteiger partial charge on any atom is 0.262 e. The van der Waals surface area contributed by atoms with E-state index in [4.69, 9.17) is 0 Å². The molecular weight excluding hydrogens is 404 g/mol. The van der Waals surface area contributed by atoms with Crippen LogP contribution in [0.2, 0.25) is 0 Å². The fourth-order valence-electron chi connectivity index (χ4n) is 2.51. The van der Waals surface area contributed by atoms with Crippen LogP contribution in [-0.4, -0.2) is 11.4 Å². The Morgan fingerprint density at radius 3 is 2.35 bits per heavy atom. The van der Waals surface area contributed by atoms with E-state index < -0.39 is 5.54 Å². The number of halogens is 2. The fourth-order valence-corrected chi connectivity index (χ4v) is 4.44. The van der Waals surface area contributed by atoms with Crippen molar-refractivity contribution in [3.8, 4) is 6.07 Å². The summed E-state index contributed by atoms with van der Waals surface area (Å²) in [6.07, 6.45) is 7.05. The summed E-state index contributed by atoms with van der Waals surface area (Å²) in [5.41, 5.74) is -0.694. The van der Waals surface area contributed by atoms with E-state index in [-0.39, 0.29) is 5.91 Å². The number of nitrogens with one attached hydrogen (secondary N) is 1. The van der Waals surface area contributed by atoms with Crippen LogP contribution in [0, 0.1) is 11.3 Å². The van der Waals surface area contributed by atoms with E-state index in [9.17, 15) is 10.1 Å². The quantitative estimate of drug-likeness (QED) is 0.732. The van der Waals surface area contributed by atoms with Crippen molar-refractivity contribution in [1.82, 2.24) is 5.32 Å². The molecule has 1 aromatic heterocycles. The molecule has 6 heteroatoms. The second kappa shape index (κ2) is 7.06. The van der Waals surface area contributed by atoms with Crippen molar-refractivity contribution in [2.24, 2.45) is 0 Å². The van der Waals surface area contributed by atoms with Gasteiger partial charge in [-0.2, -0.15) is 5.26 Å². The monoisotopic (exact) mass is 418 g/mol. The molecular formula is C14H16Br2N2OS. The normalized spacial score (nSPS) is 18.6. The lowest BCUT2D eigenvalue weighted by Crippen LogP contribution is -2.47. The summed E-state index contributed by atoms with van der Waals surface area (Å²) in [6.45, 7) is 0. The van der Waals surface area contributed by atoms with E-state index in [1.54, 1.807) is 6.07 Å². The Labute approximate surface area is 140 Å². The Kier molecular flexibility index (Phi) is 5.65. The van der Waals surface area contributed by atoms with E-state index in [0.717, 1.165) is 46.8 Å². The highest BCUT2D eigenvalue weighted by Gasteiger charge is 2.32. The van der Waals surface area contributed by atoms with Crippen LogP contribution in [0.5, 0.6) is 0 Å². The highest BCUT2D eigenvalue weighted by molar-refractivity contribution is 9.13. The van der Waals surface area contributed by atoms with Crippen LogP contribution in [0.15, 0.2) is 14.3 Å². The molecule has 0 saturated heterocycles. The van der Waals surface area contributed by atoms with E-state index >= 15 is 0 Å². The minimum absolute atomic E-state index is 0.150. The highest BCUT2D eigenvalue weighted by atomic mass is 79.9. The molecule has 0 unspecified atom stereocenters. The van der Waals surface area contributed by atoms with Gasteiger partial charge in [0.1, 0.15) is 5.54 Å². The summed E-state index contributed by atoms with van der Waals surface area (Å²) in [6, 6.07) is 4.15. The van der Waals surface area contributed by atoms with Gasteiger partial charge in [-0.05, 0) is 50.8 Å². The van der Waals surface area contributed by atoms with Crippen LogP contribution < -0.4 is 5.32 Å². The zero-order valence-electron chi connectivity index (χ0n) is 11.0. The first-order valence-electron chi connectivity index (χ1n) is 6.75. The van der Waals surface area contributed by atoms with Crippen molar-refractivity contribution in [3.05, 3.63) is 19.2 Å². The second-order valence-electron chi connectivity index (χ2n) is 5.15. The molecule has 0 radical (unpaired) electrons. The minimum atomic E-state index is -0.694. The molecule has 0 aliphatic heterocycles. The van der Waals surface area contributed by atoms with Gasteiger partial charge in [-0.15, -0.1) is 11.3 Å². The summed E-state index contributed by atoms with van der Waals surface area (Å²) in [7, 11) is 0. The molecule has 0 spiro atoms. The number of amides is 1. The average Bonchev–Trinajstić information content (AvgIpc) is 2.73. The molecule has 0 bridgehead atoms. The lowest BCUT2D eigenvalue weighted by atomic mass is 9.85. The zero-order chi connectivity index (χ0) is 14.6. The molecule has 2 rings (SSSR count). The number of carbonyl (C=O) groups excluding carboxylic acids is 1. The molecule has 1 aliphatic carbocycles. The third-order valence-electron chi connectivity index (χ3n) is 3.64. The standard InChI is InChI=1S/C14H16Br2N2OS/c15-10-8-11(20-12(10)16)13(19)18-14(9-17)6-4-2-1-3-5-7-14/h8H,1-7H2,(H,18,19). The topological polar surface area (TPSA) is 52.9 Å². The number of hydrogen-bond donors (Lipinski definition) is 1. The predicted octanol–water partition coefficient (Wildman–Crippen LogP) is 5.01. The Hall–Kier alpha value is -0.380. The fraction of sp³-hybridized carbons (Fsp3) is 0.571. The van der Waals surface area contributed by atoms with Crippen molar-refractivity contribution in [2.45, 2.75) is 50.5 Å². The number of thiophene rings is 1. The molecule has 1 aliphatic rings. The van der Waals surface area contributed by atoms with Gasteiger partial charge in [0.05, 0.1) is 14.7 Å². The van der Waals surface area contributed by atoms with Gasteiger partial charge in [-0.1, -0.05) is 32.1 Å². The van der Waals surface area contributed by atoms with Crippen molar-refractivity contribution in [1.29, 1.82) is 5.26 Å². The van der Waals surface area contributed by atoms with Crippen molar-refractivity contribution in [2.75, 3.05) is 0 Å². The van der Waals surface area contributed by atoms with Gasteiger partial charge in [0.15, 0.2) is 0 Å². The SMILES string of the molecule is N#CC1(NC(=O)c2cc(Br)c(Br)s2)CCCCCCC1. The maximum absolute atomic E-state index is 12.3. The van der Waals surface area contributed by atoms with Gasteiger partial charge in [-0.25, -0.2) is 0 Å². The van der Waals surface area contributed by atoms with Crippen LogP contribution in [0.25, 0.3) is 0 Å². The number of rotatable bonds is 2. The number of hydrogen-bond acceptors (Lipinski definition) is 3. The molecule has 1 saturated carbocycles. The van der Waals surface area contributed by atoms with Gasteiger partial charge in [0, 0.05) is 4.47 Å². The summed E-state index contributed by atoms with van der Waals surface area (Å²) in [4.78, 5) is 13.0. The molecule has 1 heterocycles. The Morgan fingerprint density at radius 1 is 1.25 bits per heavy atom. The average molecular weight is 420 g/mol. The first kappa shape index (κ1) is 16.0. The van der Waals surface area contributed by atoms with Crippen LogP contribution in [-0.2, 0) is 0 Å². The van der Waals surface area contributed by atoms with Gasteiger partial charge in [0.25, 0.3) is 5.91 Å². The second-order valence-corrected chi connectivity index (χ2v) is 8.37. The molecule has 3 nitrogen and oxygen atoms in total. The van der Waals surface area contributed by atoms with E-state index in [0.29, 0.717) is 4.88 Å². The first-order valence-corrected chi connectivity index (χ1v) is 9.15. The Bertz CT molecular complexity index is 508.